The van der Waals surface area contributed by atoms with Crippen molar-refractivity contribution in [1.82, 2.24) is 9.97 Å². The van der Waals surface area contributed by atoms with E-state index in [4.69, 9.17) is 0 Å². The third-order valence-electron chi connectivity index (χ3n) is 3.50. The maximum absolute atomic E-state index is 12.2. The SMILES string of the molecule is CC1=C(C)C(=O)C(CCNc2cnc[nH]2)=C(C)C1=O. The van der Waals surface area contributed by atoms with Gasteiger partial charge in [-0.1, -0.05) is 0 Å². The van der Waals surface area contributed by atoms with Crippen LogP contribution in [0.3, 0.4) is 0 Å². The summed E-state index contributed by atoms with van der Waals surface area (Å²) < 4.78 is 0. The molecular weight excluding hydrogens is 242 g/mol. The maximum Gasteiger partial charge on any atom is 0.185 e. The predicted octanol–water partition coefficient (Wildman–Crippen LogP) is 2.02. The zero-order valence-corrected chi connectivity index (χ0v) is 11.3. The molecule has 1 aromatic rings. The number of hydrogen-bond acceptors (Lipinski definition) is 4. The van der Waals surface area contributed by atoms with Gasteiger partial charge in [-0.25, -0.2) is 4.98 Å². The first-order chi connectivity index (χ1) is 9.02. The number of nitrogens with one attached hydrogen (secondary N) is 2. The van der Waals surface area contributed by atoms with Crippen molar-refractivity contribution in [2.45, 2.75) is 27.2 Å². The number of allylic oxidation sites excluding steroid dienone is 3. The van der Waals surface area contributed by atoms with Crippen LogP contribution in [0.15, 0.2) is 34.8 Å². The molecule has 0 bridgehead atoms. The standard InChI is InChI=1S/C14H17N3O2/c1-8-9(2)14(19)11(10(3)13(8)18)4-5-16-12-6-15-7-17-12/h6-7,16H,4-5H2,1-3H3,(H,15,17). The van der Waals surface area contributed by atoms with Gasteiger partial charge in [0, 0.05) is 28.8 Å². The summed E-state index contributed by atoms with van der Waals surface area (Å²) in [4.78, 5) is 31.0. The summed E-state index contributed by atoms with van der Waals surface area (Å²) in [5.41, 5.74) is 2.31. The highest BCUT2D eigenvalue weighted by atomic mass is 16.1. The van der Waals surface area contributed by atoms with Crippen LogP contribution in [-0.4, -0.2) is 28.1 Å². The molecule has 0 aromatic carbocycles. The van der Waals surface area contributed by atoms with E-state index in [-0.39, 0.29) is 11.6 Å². The minimum Gasteiger partial charge on any atom is -0.370 e. The molecule has 5 heteroatoms. The van der Waals surface area contributed by atoms with Gasteiger partial charge in [-0.15, -0.1) is 0 Å². The number of nitrogens with zero attached hydrogens (tertiary/aromatic N) is 1. The van der Waals surface area contributed by atoms with E-state index in [1.165, 1.54) is 0 Å². The molecule has 0 saturated carbocycles. The quantitative estimate of drug-likeness (QED) is 0.811. The Balaban J connectivity index is 2.07. The van der Waals surface area contributed by atoms with E-state index >= 15 is 0 Å². The minimum absolute atomic E-state index is 0.0130. The van der Waals surface area contributed by atoms with Crippen LogP contribution >= 0.6 is 0 Å². The molecule has 0 amide bonds. The van der Waals surface area contributed by atoms with Crippen molar-refractivity contribution in [2.75, 3.05) is 11.9 Å². The fraction of sp³-hybridized carbons (Fsp3) is 0.357. The topological polar surface area (TPSA) is 74.8 Å². The Morgan fingerprint density at radius 1 is 1.11 bits per heavy atom. The van der Waals surface area contributed by atoms with Gasteiger partial charge in [0.25, 0.3) is 0 Å². The second kappa shape index (κ2) is 5.22. The molecule has 0 radical (unpaired) electrons. The number of imidazole rings is 1. The van der Waals surface area contributed by atoms with Gasteiger partial charge in [-0.3, -0.25) is 9.59 Å². The summed E-state index contributed by atoms with van der Waals surface area (Å²) in [6, 6.07) is 0. The van der Waals surface area contributed by atoms with Gasteiger partial charge in [-0.05, 0) is 27.2 Å². The maximum atomic E-state index is 12.2. The van der Waals surface area contributed by atoms with Crippen LogP contribution in [0.5, 0.6) is 0 Å². The van der Waals surface area contributed by atoms with E-state index in [2.05, 4.69) is 15.3 Å². The van der Waals surface area contributed by atoms with Crippen LogP contribution in [0.25, 0.3) is 0 Å². The molecule has 1 aliphatic rings. The van der Waals surface area contributed by atoms with Crippen LogP contribution in [-0.2, 0) is 9.59 Å². The Bertz CT molecular complexity index is 580. The highest BCUT2D eigenvalue weighted by Crippen LogP contribution is 2.25. The predicted molar refractivity (Wildman–Crippen MR) is 72.8 cm³/mol. The molecule has 1 aliphatic carbocycles. The Morgan fingerprint density at radius 2 is 1.79 bits per heavy atom. The number of Topliss-reactive ketones (excluding diaryl/α,β-unsaturated/α-hetero) is 2. The normalized spacial score (nSPS) is 16.4. The molecule has 19 heavy (non-hydrogen) atoms. The van der Waals surface area contributed by atoms with Gasteiger partial charge in [0.1, 0.15) is 5.82 Å². The van der Waals surface area contributed by atoms with Crippen molar-refractivity contribution >= 4 is 17.4 Å². The molecule has 1 heterocycles. The Kier molecular flexibility index (Phi) is 3.64. The second-order valence-corrected chi connectivity index (χ2v) is 4.65. The molecule has 0 aliphatic heterocycles. The van der Waals surface area contributed by atoms with Gasteiger partial charge in [0.05, 0.1) is 12.5 Å². The van der Waals surface area contributed by atoms with E-state index in [9.17, 15) is 9.59 Å². The summed E-state index contributed by atoms with van der Waals surface area (Å²) in [7, 11) is 0. The smallest absolute Gasteiger partial charge is 0.185 e. The lowest BCUT2D eigenvalue weighted by Gasteiger charge is -2.18. The van der Waals surface area contributed by atoms with Crippen molar-refractivity contribution in [3.63, 3.8) is 0 Å². The highest BCUT2D eigenvalue weighted by molar-refractivity contribution is 6.24. The molecule has 5 nitrogen and oxygen atoms in total. The van der Waals surface area contributed by atoms with Gasteiger partial charge in [-0.2, -0.15) is 0 Å². The third-order valence-corrected chi connectivity index (χ3v) is 3.50. The van der Waals surface area contributed by atoms with Crippen molar-refractivity contribution in [2.24, 2.45) is 0 Å². The van der Waals surface area contributed by atoms with Crippen LogP contribution < -0.4 is 5.32 Å². The average molecular weight is 259 g/mol. The molecular formula is C14H17N3O2. The number of H-pyrrole nitrogens is 1. The molecule has 0 saturated heterocycles. The van der Waals surface area contributed by atoms with Crippen molar-refractivity contribution in [1.29, 1.82) is 0 Å². The number of hydrogen-bond donors (Lipinski definition) is 2. The molecule has 0 spiro atoms. The second-order valence-electron chi connectivity index (χ2n) is 4.65. The Morgan fingerprint density at radius 3 is 2.42 bits per heavy atom. The van der Waals surface area contributed by atoms with Crippen molar-refractivity contribution < 1.29 is 9.59 Å². The third kappa shape index (κ3) is 2.50. The number of rotatable bonds is 4. The first kappa shape index (κ1) is 13.3. The van der Waals surface area contributed by atoms with E-state index in [1.807, 2.05) is 0 Å². The van der Waals surface area contributed by atoms with Crippen LogP contribution in [0, 0.1) is 0 Å². The minimum atomic E-state index is -0.0198. The number of anilines is 1. The molecule has 0 fully saturated rings. The number of aromatic nitrogens is 2. The fourth-order valence-electron chi connectivity index (χ4n) is 2.13. The molecule has 0 unspecified atom stereocenters. The first-order valence-corrected chi connectivity index (χ1v) is 6.21. The van der Waals surface area contributed by atoms with Crippen LogP contribution in [0.1, 0.15) is 27.2 Å². The van der Waals surface area contributed by atoms with Gasteiger partial charge in [0.2, 0.25) is 0 Å². The Hall–Kier alpha value is -2.17. The molecule has 2 N–H and O–H groups in total. The van der Waals surface area contributed by atoms with E-state index < -0.39 is 0 Å². The van der Waals surface area contributed by atoms with Gasteiger partial charge in [0.15, 0.2) is 11.6 Å². The number of carbonyl (C=O) groups is 2. The fourth-order valence-corrected chi connectivity index (χ4v) is 2.13. The van der Waals surface area contributed by atoms with Gasteiger partial charge >= 0.3 is 0 Å². The van der Waals surface area contributed by atoms with E-state index in [1.54, 1.807) is 33.3 Å². The van der Waals surface area contributed by atoms with Gasteiger partial charge < -0.3 is 10.3 Å². The summed E-state index contributed by atoms with van der Waals surface area (Å²) in [6.07, 6.45) is 3.78. The summed E-state index contributed by atoms with van der Waals surface area (Å²) >= 11 is 0. The number of carbonyl (C=O) groups excluding carboxylic acids is 2. The zero-order chi connectivity index (χ0) is 14.0. The van der Waals surface area contributed by atoms with Crippen LogP contribution in [0.4, 0.5) is 5.82 Å². The highest BCUT2D eigenvalue weighted by Gasteiger charge is 2.27. The summed E-state index contributed by atoms with van der Waals surface area (Å²) in [5, 5.41) is 3.12. The lowest BCUT2D eigenvalue weighted by Crippen LogP contribution is -2.22. The largest absolute Gasteiger partial charge is 0.370 e. The lowest BCUT2D eigenvalue weighted by molar-refractivity contribution is -0.116. The number of aromatic amines is 1. The van der Waals surface area contributed by atoms with Crippen molar-refractivity contribution in [3.8, 4) is 0 Å². The average Bonchev–Trinajstić information content (AvgIpc) is 2.91. The van der Waals surface area contributed by atoms with Crippen LogP contribution in [0.2, 0.25) is 0 Å². The number of ketones is 2. The zero-order valence-electron chi connectivity index (χ0n) is 11.3. The van der Waals surface area contributed by atoms with E-state index in [0.717, 1.165) is 5.82 Å². The molecule has 2 rings (SSSR count). The molecule has 1 aromatic heterocycles. The van der Waals surface area contributed by atoms with E-state index in [0.29, 0.717) is 35.3 Å². The first-order valence-electron chi connectivity index (χ1n) is 6.21. The molecule has 0 atom stereocenters. The summed E-state index contributed by atoms with van der Waals surface area (Å²) in [6.45, 7) is 5.73. The lowest BCUT2D eigenvalue weighted by atomic mass is 9.84. The van der Waals surface area contributed by atoms with Crippen molar-refractivity contribution in [3.05, 3.63) is 34.8 Å². The Labute approximate surface area is 111 Å². The summed E-state index contributed by atoms with van der Waals surface area (Å²) in [5.74, 6) is 0.769. The molecule has 100 valence electrons. The monoisotopic (exact) mass is 259 g/mol.